The van der Waals surface area contributed by atoms with Crippen LogP contribution in [0.1, 0.15) is 64.6 Å². The number of fused-ring (bicyclic) bond motifs is 1. The molecule has 3 aromatic rings. The van der Waals surface area contributed by atoms with Crippen LogP contribution < -0.4 is 10.6 Å². The third kappa shape index (κ3) is 5.54. The molecule has 1 saturated carbocycles. The number of esters is 1. The lowest BCUT2D eigenvalue weighted by atomic mass is 9.80. The summed E-state index contributed by atoms with van der Waals surface area (Å²) in [6, 6.07) is 15.3. The van der Waals surface area contributed by atoms with E-state index in [1.165, 1.54) is 0 Å². The average molecular weight is 574 g/mol. The van der Waals surface area contributed by atoms with E-state index in [0.717, 1.165) is 48.2 Å². The molecule has 3 heterocycles. The number of hydrogen-bond donors (Lipinski definition) is 3. The predicted octanol–water partition coefficient (Wildman–Crippen LogP) is 3.63. The van der Waals surface area contributed by atoms with Crippen molar-refractivity contribution in [2.75, 3.05) is 45.2 Å². The summed E-state index contributed by atoms with van der Waals surface area (Å²) in [6.45, 7) is 3.19. The van der Waals surface area contributed by atoms with Gasteiger partial charge in [0.05, 0.1) is 30.2 Å². The highest BCUT2D eigenvalue weighted by Gasteiger charge is 2.42. The summed E-state index contributed by atoms with van der Waals surface area (Å²) in [5.74, 6) is -0.374. The quantitative estimate of drug-likeness (QED) is 0.332. The van der Waals surface area contributed by atoms with Gasteiger partial charge in [-0.3, -0.25) is 4.79 Å². The first-order valence-electron chi connectivity index (χ1n) is 14.9. The van der Waals surface area contributed by atoms with Crippen LogP contribution >= 0.6 is 0 Å². The lowest BCUT2D eigenvalue weighted by Crippen LogP contribution is -2.54. The molecule has 0 unspecified atom stereocenters. The monoisotopic (exact) mass is 573 g/mol. The van der Waals surface area contributed by atoms with Gasteiger partial charge in [-0.15, -0.1) is 0 Å². The largest absolute Gasteiger partial charge is 0.457 e. The van der Waals surface area contributed by atoms with Gasteiger partial charge >= 0.3 is 5.97 Å². The second kappa shape index (κ2) is 12.2. The van der Waals surface area contributed by atoms with Crippen molar-refractivity contribution in [3.05, 3.63) is 71.7 Å². The van der Waals surface area contributed by atoms with E-state index in [-0.39, 0.29) is 30.6 Å². The van der Waals surface area contributed by atoms with Gasteiger partial charge in [-0.05, 0) is 37.5 Å². The van der Waals surface area contributed by atoms with E-state index in [2.05, 4.69) is 10.6 Å². The number of rotatable bonds is 9. The molecule has 2 aliphatic heterocycles. The molecule has 10 nitrogen and oxygen atoms in total. The normalized spacial score (nSPS) is 23.9. The van der Waals surface area contributed by atoms with Crippen molar-refractivity contribution in [2.24, 2.45) is 0 Å². The number of nitrogens with zero attached hydrogens (tertiary/aromatic N) is 3. The van der Waals surface area contributed by atoms with Crippen LogP contribution in [-0.4, -0.2) is 83.0 Å². The van der Waals surface area contributed by atoms with Gasteiger partial charge in [0.25, 0.3) is 5.91 Å². The minimum absolute atomic E-state index is 0.0213. The van der Waals surface area contributed by atoms with Crippen molar-refractivity contribution in [2.45, 2.75) is 56.4 Å². The number of carbonyl (C=O) groups is 2. The number of anilines is 1. The predicted molar refractivity (Wildman–Crippen MR) is 158 cm³/mol. The van der Waals surface area contributed by atoms with Crippen LogP contribution in [-0.2, 0) is 16.1 Å². The van der Waals surface area contributed by atoms with Gasteiger partial charge < -0.3 is 34.7 Å². The summed E-state index contributed by atoms with van der Waals surface area (Å²) in [6.07, 6.45) is 5.82. The third-order valence-electron chi connectivity index (χ3n) is 8.83. The molecule has 3 N–H and O–H groups in total. The fourth-order valence-electron chi connectivity index (χ4n) is 6.70. The summed E-state index contributed by atoms with van der Waals surface area (Å²) in [5.41, 5.74) is 3.46. The van der Waals surface area contributed by atoms with Gasteiger partial charge in [-0.1, -0.05) is 43.2 Å². The van der Waals surface area contributed by atoms with Crippen LogP contribution in [0.3, 0.4) is 0 Å². The van der Waals surface area contributed by atoms with E-state index < -0.39 is 5.60 Å². The van der Waals surface area contributed by atoms with Gasteiger partial charge in [0.1, 0.15) is 12.2 Å². The molecule has 2 fully saturated rings. The highest BCUT2D eigenvalue weighted by molar-refractivity contribution is 5.98. The maximum absolute atomic E-state index is 14.2. The van der Waals surface area contributed by atoms with E-state index in [0.29, 0.717) is 50.5 Å². The summed E-state index contributed by atoms with van der Waals surface area (Å²) in [5, 5.41) is 18.5. The Bertz CT molecular complexity index is 1420. The first-order valence-corrected chi connectivity index (χ1v) is 14.9. The molecule has 1 aromatic heterocycles. The summed E-state index contributed by atoms with van der Waals surface area (Å²) < 4.78 is 12.6. The first kappa shape index (κ1) is 28.4. The number of aromatic nitrogens is 2. The van der Waals surface area contributed by atoms with E-state index in [1.807, 2.05) is 51.9 Å². The summed E-state index contributed by atoms with van der Waals surface area (Å²) >= 11 is 0. The summed E-state index contributed by atoms with van der Waals surface area (Å²) in [7, 11) is 1.61. The standard InChI is InChI=1S/C32H39N5O5/c1-41-20-32(40)13-6-5-9-27(32)37-21-35-28(29(37)22-7-3-2-4-8-22)30(38)36-16-15-33-18-25(36)12-14-34-24-10-11-26-23(17-24)19-42-31(26)39/h2-4,7-8,10-11,17,21,25,27,33-34,40H,5-6,9,12-16,18-20H2,1H3/t25-,27-,32-/m1/s1. The Kier molecular flexibility index (Phi) is 8.28. The van der Waals surface area contributed by atoms with Crippen LogP contribution in [0.25, 0.3) is 11.3 Å². The lowest BCUT2D eigenvalue weighted by molar-refractivity contribution is -0.0893. The number of piperazine rings is 1. The van der Waals surface area contributed by atoms with Gasteiger partial charge in [-0.25, -0.2) is 9.78 Å². The Morgan fingerprint density at radius 3 is 2.93 bits per heavy atom. The molecule has 3 aliphatic rings. The Labute approximate surface area is 246 Å². The van der Waals surface area contributed by atoms with Gasteiger partial charge in [0, 0.05) is 56.1 Å². The molecular weight excluding hydrogens is 534 g/mol. The maximum Gasteiger partial charge on any atom is 0.338 e. The van der Waals surface area contributed by atoms with Gasteiger partial charge in [0.2, 0.25) is 0 Å². The van der Waals surface area contributed by atoms with E-state index in [4.69, 9.17) is 14.5 Å². The Hall–Kier alpha value is -3.73. The number of cyclic esters (lactones) is 1. The topological polar surface area (TPSA) is 118 Å². The van der Waals surface area contributed by atoms with Crippen molar-refractivity contribution in [1.29, 1.82) is 0 Å². The number of imidazole rings is 1. The van der Waals surface area contributed by atoms with Gasteiger partial charge in [-0.2, -0.15) is 0 Å². The van der Waals surface area contributed by atoms with Crippen LogP contribution in [0.4, 0.5) is 5.69 Å². The zero-order valence-corrected chi connectivity index (χ0v) is 24.1. The Morgan fingerprint density at radius 2 is 2.10 bits per heavy atom. The van der Waals surface area contributed by atoms with Crippen LogP contribution in [0, 0.1) is 0 Å². The number of amides is 1. The number of ether oxygens (including phenoxy) is 2. The van der Waals surface area contributed by atoms with E-state index in [9.17, 15) is 14.7 Å². The smallest absolute Gasteiger partial charge is 0.338 e. The average Bonchev–Trinajstić information content (AvgIpc) is 3.61. The molecule has 1 amide bonds. The minimum Gasteiger partial charge on any atom is -0.457 e. The van der Waals surface area contributed by atoms with Gasteiger partial charge in [0.15, 0.2) is 5.69 Å². The molecule has 1 aliphatic carbocycles. The number of carbonyl (C=O) groups excluding carboxylic acids is 2. The molecule has 2 aromatic carbocycles. The molecule has 0 bridgehead atoms. The first-order chi connectivity index (χ1) is 20.5. The van der Waals surface area contributed by atoms with Crippen LogP contribution in [0.15, 0.2) is 54.9 Å². The molecule has 0 radical (unpaired) electrons. The second-order valence-electron chi connectivity index (χ2n) is 11.5. The molecule has 10 heteroatoms. The SMILES string of the molecule is COC[C@]1(O)CCCC[C@H]1n1cnc(C(=O)N2CCNC[C@H]2CCNc2ccc3c(c2)COC3=O)c1-c1ccccc1. The Balaban J connectivity index is 1.24. The molecule has 0 spiro atoms. The lowest BCUT2D eigenvalue weighted by Gasteiger charge is -2.41. The fourth-order valence-corrected chi connectivity index (χ4v) is 6.70. The molecule has 3 atom stereocenters. The van der Waals surface area contributed by atoms with Crippen molar-refractivity contribution in [1.82, 2.24) is 19.8 Å². The van der Waals surface area contributed by atoms with E-state index >= 15 is 0 Å². The van der Waals surface area contributed by atoms with Crippen molar-refractivity contribution < 1.29 is 24.2 Å². The number of aliphatic hydroxyl groups is 1. The fraction of sp³-hybridized carbons (Fsp3) is 0.469. The molecule has 42 heavy (non-hydrogen) atoms. The summed E-state index contributed by atoms with van der Waals surface area (Å²) in [4.78, 5) is 32.7. The number of hydrogen-bond acceptors (Lipinski definition) is 8. The van der Waals surface area contributed by atoms with Crippen molar-refractivity contribution >= 4 is 17.6 Å². The zero-order chi connectivity index (χ0) is 29.1. The number of benzene rings is 2. The Morgan fingerprint density at radius 1 is 1.24 bits per heavy atom. The second-order valence-corrected chi connectivity index (χ2v) is 11.5. The zero-order valence-electron chi connectivity index (χ0n) is 24.1. The van der Waals surface area contributed by atoms with E-state index in [1.54, 1.807) is 19.5 Å². The van der Waals surface area contributed by atoms with Crippen LogP contribution in [0.5, 0.6) is 0 Å². The number of methoxy groups -OCH3 is 1. The molecule has 1 saturated heterocycles. The highest BCUT2D eigenvalue weighted by atomic mass is 16.5. The third-order valence-corrected chi connectivity index (χ3v) is 8.83. The number of nitrogens with one attached hydrogen (secondary N) is 2. The van der Waals surface area contributed by atoms with Crippen molar-refractivity contribution in [3.8, 4) is 11.3 Å². The highest BCUT2D eigenvalue weighted by Crippen LogP contribution is 2.41. The molecule has 6 rings (SSSR count). The minimum atomic E-state index is -1.03. The van der Waals surface area contributed by atoms with Crippen LogP contribution in [0.2, 0.25) is 0 Å². The maximum atomic E-state index is 14.2. The molecular formula is C32H39N5O5. The van der Waals surface area contributed by atoms with Crippen molar-refractivity contribution in [3.63, 3.8) is 0 Å². The molecule has 222 valence electrons.